The van der Waals surface area contributed by atoms with Crippen LogP contribution >= 0.6 is 0 Å². The summed E-state index contributed by atoms with van der Waals surface area (Å²) >= 11 is 0. The molecule has 0 radical (unpaired) electrons. The molecule has 0 atom stereocenters. The number of ether oxygens (including phenoxy) is 1. The van der Waals surface area contributed by atoms with E-state index in [1.807, 2.05) is 13.8 Å². The van der Waals surface area contributed by atoms with Gasteiger partial charge in [-0.2, -0.15) is 13.2 Å². The van der Waals surface area contributed by atoms with Crippen LogP contribution in [0.1, 0.15) is 30.7 Å². The van der Waals surface area contributed by atoms with Crippen molar-refractivity contribution in [2.75, 3.05) is 18.6 Å². The fourth-order valence-electron chi connectivity index (χ4n) is 2.55. The zero-order valence-electron chi connectivity index (χ0n) is 14.1. The molecule has 0 aromatic carbocycles. The number of hydrogen-bond acceptors (Lipinski definition) is 5. The maximum Gasteiger partial charge on any atom is 0.421 e. The van der Waals surface area contributed by atoms with E-state index in [9.17, 15) is 18.0 Å². The number of anilines is 1. The van der Waals surface area contributed by atoms with Crippen LogP contribution in [0.3, 0.4) is 0 Å². The summed E-state index contributed by atoms with van der Waals surface area (Å²) < 4.78 is 43.9. The standard InChI is InChI=1S/C14H13F3N4O2.C2H6/c1-23-13-10(14(15,16)17)4-8(5-18-13)21-3-2-11-9(6-21)12(22)20-7-19-11;1-2/h4-5,7H,2-3,6H2,1H3,(H,19,20,22);1-2H3. The van der Waals surface area contributed by atoms with E-state index in [1.165, 1.54) is 12.5 Å². The second-order valence-electron chi connectivity index (χ2n) is 5.08. The molecule has 9 heteroatoms. The Morgan fingerprint density at radius 3 is 2.64 bits per heavy atom. The van der Waals surface area contributed by atoms with E-state index in [1.54, 1.807) is 4.90 Å². The van der Waals surface area contributed by atoms with E-state index in [0.717, 1.165) is 13.2 Å². The molecule has 0 spiro atoms. The number of methoxy groups -OCH3 is 1. The van der Waals surface area contributed by atoms with Crippen LogP contribution in [0.15, 0.2) is 23.4 Å². The summed E-state index contributed by atoms with van der Waals surface area (Å²) in [6.07, 6.45) is -1.45. The zero-order valence-corrected chi connectivity index (χ0v) is 14.1. The second kappa shape index (κ2) is 7.54. The van der Waals surface area contributed by atoms with Crippen LogP contribution in [0.5, 0.6) is 5.88 Å². The highest BCUT2D eigenvalue weighted by atomic mass is 19.4. The van der Waals surface area contributed by atoms with Crippen molar-refractivity contribution in [2.45, 2.75) is 33.0 Å². The highest BCUT2D eigenvalue weighted by Gasteiger charge is 2.36. The van der Waals surface area contributed by atoms with Gasteiger partial charge in [-0.25, -0.2) is 9.97 Å². The maximum absolute atomic E-state index is 13.1. The van der Waals surface area contributed by atoms with Gasteiger partial charge < -0.3 is 14.6 Å². The van der Waals surface area contributed by atoms with Gasteiger partial charge in [0.15, 0.2) is 0 Å². The van der Waals surface area contributed by atoms with E-state index in [4.69, 9.17) is 0 Å². The van der Waals surface area contributed by atoms with Gasteiger partial charge in [0.1, 0.15) is 5.56 Å². The molecular formula is C16H19F3N4O2. The molecule has 25 heavy (non-hydrogen) atoms. The van der Waals surface area contributed by atoms with E-state index >= 15 is 0 Å². The summed E-state index contributed by atoms with van der Waals surface area (Å²) in [5.41, 5.74) is 0.193. The third-order valence-corrected chi connectivity index (χ3v) is 3.71. The lowest BCUT2D eigenvalue weighted by atomic mass is 10.1. The number of nitrogens with zero attached hydrogens (tertiary/aromatic N) is 3. The van der Waals surface area contributed by atoms with Gasteiger partial charge >= 0.3 is 6.18 Å². The molecule has 2 aromatic heterocycles. The van der Waals surface area contributed by atoms with Gasteiger partial charge in [-0.1, -0.05) is 13.8 Å². The predicted molar refractivity (Wildman–Crippen MR) is 86.8 cm³/mol. The maximum atomic E-state index is 13.1. The number of alkyl halides is 3. The molecule has 0 unspecified atom stereocenters. The summed E-state index contributed by atoms with van der Waals surface area (Å²) in [4.78, 5) is 23.8. The Morgan fingerprint density at radius 2 is 2.00 bits per heavy atom. The lowest BCUT2D eigenvalue weighted by Crippen LogP contribution is -2.35. The molecule has 6 nitrogen and oxygen atoms in total. The van der Waals surface area contributed by atoms with Crippen molar-refractivity contribution in [1.82, 2.24) is 15.0 Å². The highest BCUT2D eigenvalue weighted by Crippen LogP contribution is 2.37. The van der Waals surface area contributed by atoms with Crippen LogP contribution in [0.4, 0.5) is 18.9 Å². The fraction of sp³-hybridized carbons (Fsp3) is 0.438. The molecule has 0 saturated carbocycles. The summed E-state index contributed by atoms with van der Waals surface area (Å²) in [7, 11) is 1.14. The van der Waals surface area contributed by atoms with Crippen LogP contribution in [-0.4, -0.2) is 28.6 Å². The van der Waals surface area contributed by atoms with Crippen molar-refractivity contribution in [1.29, 1.82) is 0 Å². The first kappa shape index (κ1) is 18.8. The van der Waals surface area contributed by atoms with Gasteiger partial charge in [0.25, 0.3) is 5.56 Å². The summed E-state index contributed by atoms with van der Waals surface area (Å²) in [6, 6.07) is 0.987. The van der Waals surface area contributed by atoms with Gasteiger partial charge in [0, 0.05) is 13.0 Å². The first-order valence-corrected chi connectivity index (χ1v) is 7.81. The average Bonchev–Trinajstić information content (AvgIpc) is 2.62. The number of aromatic nitrogens is 3. The summed E-state index contributed by atoms with van der Waals surface area (Å²) in [5.74, 6) is -0.474. The van der Waals surface area contributed by atoms with Crippen molar-refractivity contribution < 1.29 is 17.9 Å². The number of halogens is 3. The molecule has 0 bridgehead atoms. The first-order valence-electron chi connectivity index (χ1n) is 7.81. The van der Waals surface area contributed by atoms with Crippen molar-refractivity contribution >= 4 is 5.69 Å². The number of fused-ring (bicyclic) bond motifs is 1. The lowest BCUT2D eigenvalue weighted by molar-refractivity contribution is -0.139. The highest BCUT2D eigenvalue weighted by molar-refractivity contribution is 5.51. The van der Waals surface area contributed by atoms with Crippen LogP contribution in [0, 0.1) is 0 Å². The normalized spacial score (nSPS) is 13.6. The number of rotatable bonds is 2. The number of nitrogens with one attached hydrogen (secondary N) is 1. The SMILES string of the molecule is CC.COc1ncc(N2CCc3nc[nH]c(=O)c3C2)cc1C(F)(F)F. The zero-order chi connectivity index (χ0) is 18.6. The number of pyridine rings is 1. The molecule has 1 aliphatic rings. The Hall–Kier alpha value is -2.58. The topological polar surface area (TPSA) is 71.1 Å². The number of hydrogen-bond donors (Lipinski definition) is 1. The van der Waals surface area contributed by atoms with Crippen LogP contribution in [0.25, 0.3) is 0 Å². The Kier molecular flexibility index (Phi) is 5.66. The van der Waals surface area contributed by atoms with Gasteiger partial charge in [0.05, 0.1) is 43.1 Å². The quantitative estimate of drug-likeness (QED) is 0.896. The molecule has 0 saturated heterocycles. The molecule has 3 heterocycles. The summed E-state index contributed by atoms with van der Waals surface area (Å²) in [6.45, 7) is 4.64. The predicted octanol–water partition coefficient (Wildman–Crippen LogP) is 2.78. The van der Waals surface area contributed by atoms with Crippen LogP contribution < -0.4 is 15.2 Å². The Labute approximate surface area is 142 Å². The Balaban J connectivity index is 0.00000109. The summed E-state index contributed by atoms with van der Waals surface area (Å²) in [5, 5.41) is 0. The minimum atomic E-state index is -4.57. The minimum absolute atomic E-state index is 0.184. The fourth-order valence-corrected chi connectivity index (χ4v) is 2.55. The van der Waals surface area contributed by atoms with Crippen LogP contribution in [-0.2, 0) is 19.1 Å². The van der Waals surface area contributed by atoms with E-state index < -0.39 is 17.6 Å². The molecule has 3 rings (SSSR count). The minimum Gasteiger partial charge on any atom is -0.481 e. The lowest BCUT2D eigenvalue weighted by Gasteiger charge is -2.29. The van der Waals surface area contributed by atoms with E-state index in [2.05, 4.69) is 19.7 Å². The third kappa shape index (κ3) is 3.92. The largest absolute Gasteiger partial charge is 0.481 e. The van der Waals surface area contributed by atoms with Gasteiger partial charge in [0.2, 0.25) is 5.88 Å². The van der Waals surface area contributed by atoms with Crippen molar-refractivity contribution in [3.8, 4) is 5.88 Å². The van der Waals surface area contributed by atoms with Crippen molar-refractivity contribution in [3.63, 3.8) is 0 Å². The van der Waals surface area contributed by atoms with Crippen molar-refractivity contribution in [3.05, 3.63) is 45.8 Å². The monoisotopic (exact) mass is 356 g/mol. The molecular weight excluding hydrogens is 337 g/mol. The molecule has 2 aromatic rings. The number of H-pyrrole nitrogens is 1. The van der Waals surface area contributed by atoms with Crippen LogP contribution in [0.2, 0.25) is 0 Å². The molecule has 136 valence electrons. The average molecular weight is 356 g/mol. The third-order valence-electron chi connectivity index (χ3n) is 3.71. The Morgan fingerprint density at radius 1 is 1.28 bits per heavy atom. The smallest absolute Gasteiger partial charge is 0.421 e. The molecule has 1 N–H and O–H groups in total. The van der Waals surface area contributed by atoms with Gasteiger partial charge in [-0.3, -0.25) is 4.79 Å². The van der Waals surface area contributed by atoms with E-state index in [-0.39, 0.29) is 17.8 Å². The molecule has 0 fully saturated rings. The molecule has 0 aliphatic carbocycles. The van der Waals surface area contributed by atoms with Gasteiger partial charge in [-0.05, 0) is 6.07 Å². The van der Waals surface area contributed by atoms with Crippen molar-refractivity contribution in [2.24, 2.45) is 0 Å². The molecule has 0 amide bonds. The second-order valence-corrected chi connectivity index (χ2v) is 5.08. The van der Waals surface area contributed by atoms with Gasteiger partial charge in [-0.15, -0.1) is 0 Å². The van der Waals surface area contributed by atoms with E-state index in [0.29, 0.717) is 24.2 Å². The first-order chi connectivity index (χ1) is 11.9. The Bertz CT molecular complexity index is 790. The molecule has 1 aliphatic heterocycles. The number of aromatic amines is 1.